The zero-order valence-corrected chi connectivity index (χ0v) is 18.0. The minimum absolute atomic E-state index is 0.107. The van der Waals surface area contributed by atoms with Gasteiger partial charge in [0.25, 0.3) is 0 Å². The third-order valence-corrected chi connectivity index (χ3v) is 4.40. The number of esters is 3. The third-order valence-electron chi connectivity index (χ3n) is 4.40. The summed E-state index contributed by atoms with van der Waals surface area (Å²) < 4.78 is 32.8. The summed E-state index contributed by atoms with van der Waals surface area (Å²) in [5.41, 5.74) is 0. The molecule has 5 unspecified atom stereocenters. The Labute approximate surface area is 172 Å². The molecule has 0 aromatic carbocycles. The molecule has 168 valence electrons. The largest absolute Gasteiger partial charge is 0.456 e. The quantitative estimate of drug-likeness (QED) is 0.268. The number of rotatable bonds is 12. The first kappa shape index (κ1) is 25.3. The molecule has 1 aliphatic heterocycles. The van der Waals surface area contributed by atoms with Crippen LogP contribution in [0.1, 0.15) is 59.8 Å². The van der Waals surface area contributed by atoms with E-state index in [9.17, 15) is 14.4 Å². The van der Waals surface area contributed by atoms with Gasteiger partial charge in [-0.3, -0.25) is 14.4 Å². The fourth-order valence-electron chi connectivity index (χ4n) is 3.19. The van der Waals surface area contributed by atoms with Crippen LogP contribution in [0.5, 0.6) is 0 Å². The normalized spacial score (nSPS) is 26.6. The summed E-state index contributed by atoms with van der Waals surface area (Å²) in [6, 6.07) is 0. The van der Waals surface area contributed by atoms with Crippen LogP contribution in [0.2, 0.25) is 0 Å². The number of carbonyl (C=O) groups excluding carboxylic acids is 3. The van der Waals surface area contributed by atoms with Gasteiger partial charge >= 0.3 is 17.9 Å². The molecule has 1 fully saturated rings. The lowest BCUT2D eigenvalue weighted by Gasteiger charge is -2.43. The van der Waals surface area contributed by atoms with Crippen molar-refractivity contribution in [2.75, 3.05) is 20.3 Å². The van der Waals surface area contributed by atoms with Crippen molar-refractivity contribution >= 4 is 17.9 Å². The molecule has 0 radical (unpaired) electrons. The third kappa shape index (κ3) is 9.10. The second-order valence-corrected chi connectivity index (χ2v) is 6.99. The lowest BCUT2D eigenvalue weighted by atomic mass is 9.98. The molecule has 0 N–H and O–H groups in total. The highest BCUT2D eigenvalue weighted by molar-refractivity contribution is 5.68. The summed E-state index contributed by atoms with van der Waals surface area (Å²) in [4.78, 5) is 34.8. The Morgan fingerprint density at radius 1 is 0.793 bits per heavy atom. The van der Waals surface area contributed by atoms with Crippen molar-refractivity contribution < 1.29 is 42.8 Å². The molecule has 0 spiro atoms. The Hall–Kier alpha value is -1.71. The molecule has 1 saturated heterocycles. The molecule has 9 nitrogen and oxygen atoms in total. The molecule has 9 heteroatoms. The second-order valence-electron chi connectivity index (χ2n) is 6.99. The standard InChI is InChI=1S/C20H34O9/c1-6-7-8-9-10-11-25-12-16-17(26-13(2)21)18(27-14(3)22)19(28-15(4)23)20(24-5)29-16/h16-20H,6-12H2,1-5H3. The van der Waals surface area contributed by atoms with E-state index in [0.29, 0.717) is 6.61 Å². The van der Waals surface area contributed by atoms with Crippen molar-refractivity contribution in [3.05, 3.63) is 0 Å². The predicted molar refractivity (Wildman–Crippen MR) is 102 cm³/mol. The van der Waals surface area contributed by atoms with E-state index in [2.05, 4.69) is 6.92 Å². The van der Waals surface area contributed by atoms with E-state index in [0.717, 1.165) is 19.3 Å². The van der Waals surface area contributed by atoms with Gasteiger partial charge in [0.2, 0.25) is 0 Å². The Balaban J connectivity index is 2.87. The summed E-state index contributed by atoms with van der Waals surface area (Å²) in [6.07, 6.45) is 0.544. The van der Waals surface area contributed by atoms with Crippen LogP contribution in [0, 0.1) is 0 Å². The zero-order valence-electron chi connectivity index (χ0n) is 18.0. The number of unbranched alkanes of at least 4 members (excludes halogenated alkanes) is 4. The van der Waals surface area contributed by atoms with E-state index in [1.54, 1.807) is 0 Å². The van der Waals surface area contributed by atoms with Crippen LogP contribution in [-0.4, -0.2) is 68.9 Å². The Kier molecular flexibility index (Phi) is 11.8. The van der Waals surface area contributed by atoms with E-state index >= 15 is 0 Å². The number of hydrogen-bond donors (Lipinski definition) is 0. The first-order valence-electron chi connectivity index (χ1n) is 10.1. The van der Waals surface area contributed by atoms with Gasteiger partial charge in [-0.25, -0.2) is 0 Å². The molecule has 0 aromatic rings. The maximum absolute atomic E-state index is 11.6. The van der Waals surface area contributed by atoms with Crippen molar-refractivity contribution in [1.29, 1.82) is 0 Å². The van der Waals surface area contributed by atoms with Crippen LogP contribution < -0.4 is 0 Å². The first-order valence-corrected chi connectivity index (χ1v) is 10.1. The Morgan fingerprint density at radius 2 is 1.34 bits per heavy atom. The van der Waals surface area contributed by atoms with Gasteiger partial charge in [0, 0.05) is 34.5 Å². The Morgan fingerprint density at radius 3 is 1.90 bits per heavy atom. The highest BCUT2D eigenvalue weighted by atomic mass is 16.7. The van der Waals surface area contributed by atoms with Gasteiger partial charge in [0.15, 0.2) is 24.6 Å². The first-order chi connectivity index (χ1) is 13.8. The van der Waals surface area contributed by atoms with E-state index in [1.807, 2.05) is 0 Å². The van der Waals surface area contributed by atoms with Crippen molar-refractivity contribution in [3.63, 3.8) is 0 Å². The van der Waals surface area contributed by atoms with Crippen LogP contribution >= 0.6 is 0 Å². The van der Waals surface area contributed by atoms with Crippen LogP contribution in [0.25, 0.3) is 0 Å². The van der Waals surface area contributed by atoms with Crippen molar-refractivity contribution in [3.8, 4) is 0 Å². The van der Waals surface area contributed by atoms with Crippen LogP contribution in [-0.2, 0) is 42.8 Å². The summed E-state index contributed by atoms with van der Waals surface area (Å²) in [7, 11) is 1.38. The summed E-state index contributed by atoms with van der Waals surface area (Å²) >= 11 is 0. The van der Waals surface area contributed by atoms with E-state index in [1.165, 1.54) is 40.7 Å². The van der Waals surface area contributed by atoms with E-state index in [4.69, 9.17) is 28.4 Å². The van der Waals surface area contributed by atoms with Gasteiger partial charge in [-0.2, -0.15) is 0 Å². The molecule has 1 heterocycles. The fraction of sp³-hybridized carbons (Fsp3) is 0.850. The lowest BCUT2D eigenvalue weighted by molar-refractivity contribution is -0.303. The van der Waals surface area contributed by atoms with Gasteiger partial charge in [0.1, 0.15) is 6.10 Å². The number of carbonyl (C=O) groups is 3. The van der Waals surface area contributed by atoms with Gasteiger partial charge in [-0.05, 0) is 6.42 Å². The molecule has 5 atom stereocenters. The van der Waals surface area contributed by atoms with Gasteiger partial charge in [-0.15, -0.1) is 0 Å². The van der Waals surface area contributed by atoms with Gasteiger partial charge in [-0.1, -0.05) is 32.6 Å². The lowest BCUT2D eigenvalue weighted by Crippen LogP contribution is -2.62. The maximum Gasteiger partial charge on any atom is 0.303 e. The molecule has 29 heavy (non-hydrogen) atoms. The molecule has 1 aliphatic rings. The maximum atomic E-state index is 11.6. The summed E-state index contributed by atoms with van der Waals surface area (Å²) in [5, 5.41) is 0. The highest BCUT2D eigenvalue weighted by Crippen LogP contribution is 2.29. The number of methoxy groups -OCH3 is 1. The van der Waals surface area contributed by atoms with Crippen molar-refractivity contribution in [1.82, 2.24) is 0 Å². The molecule has 0 aromatic heterocycles. The topological polar surface area (TPSA) is 107 Å². The monoisotopic (exact) mass is 418 g/mol. The number of hydrogen-bond acceptors (Lipinski definition) is 9. The molecular weight excluding hydrogens is 384 g/mol. The minimum atomic E-state index is -1.09. The average Bonchev–Trinajstić information content (AvgIpc) is 2.63. The molecule has 0 aliphatic carbocycles. The van der Waals surface area contributed by atoms with Gasteiger partial charge < -0.3 is 28.4 Å². The van der Waals surface area contributed by atoms with Crippen LogP contribution in [0.3, 0.4) is 0 Å². The molecule has 1 rings (SSSR count). The summed E-state index contributed by atoms with van der Waals surface area (Å²) in [6.45, 7) is 6.46. The summed E-state index contributed by atoms with van der Waals surface area (Å²) in [5.74, 6) is -1.81. The second kappa shape index (κ2) is 13.5. The average molecular weight is 418 g/mol. The zero-order chi connectivity index (χ0) is 21.8. The predicted octanol–water partition coefficient (Wildman–Crippen LogP) is 2.14. The van der Waals surface area contributed by atoms with Crippen LogP contribution in [0.4, 0.5) is 0 Å². The highest BCUT2D eigenvalue weighted by Gasteiger charge is 2.52. The molecular formula is C20H34O9. The Bertz CT molecular complexity index is 522. The van der Waals surface area contributed by atoms with E-state index in [-0.39, 0.29) is 6.61 Å². The molecule has 0 bridgehead atoms. The van der Waals surface area contributed by atoms with Crippen LogP contribution in [0.15, 0.2) is 0 Å². The fourth-order valence-corrected chi connectivity index (χ4v) is 3.19. The minimum Gasteiger partial charge on any atom is -0.456 e. The SMILES string of the molecule is CCCCCCCOCC1OC(OC)C(OC(C)=O)C(OC(C)=O)C1OC(C)=O. The van der Waals surface area contributed by atoms with Crippen molar-refractivity contribution in [2.45, 2.75) is 90.5 Å². The van der Waals surface area contributed by atoms with Gasteiger partial charge in [0.05, 0.1) is 6.61 Å². The molecule has 0 amide bonds. The van der Waals surface area contributed by atoms with E-state index < -0.39 is 48.6 Å². The molecule has 0 saturated carbocycles. The van der Waals surface area contributed by atoms with Crippen molar-refractivity contribution in [2.24, 2.45) is 0 Å². The number of ether oxygens (including phenoxy) is 6. The smallest absolute Gasteiger partial charge is 0.303 e.